The van der Waals surface area contributed by atoms with Crippen molar-refractivity contribution in [1.82, 2.24) is 25.1 Å². The van der Waals surface area contributed by atoms with E-state index in [1.54, 1.807) is 6.07 Å². The summed E-state index contributed by atoms with van der Waals surface area (Å²) in [6.07, 6.45) is 10.5. The van der Waals surface area contributed by atoms with Crippen LogP contribution in [0.3, 0.4) is 0 Å². The topological polar surface area (TPSA) is 67.3 Å². The molecule has 31 heavy (non-hydrogen) atoms. The van der Waals surface area contributed by atoms with Gasteiger partial charge < -0.3 is 0 Å². The van der Waals surface area contributed by atoms with E-state index in [9.17, 15) is 4.39 Å². The maximum atomic E-state index is 13.5. The summed E-state index contributed by atoms with van der Waals surface area (Å²) in [5.41, 5.74) is 7.46. The zero-order valence-corrected chi connectivity index (χ0v) is 16.9. The van der Waals surface area contributed by atoms with Crippen LogP contribution in [-0.4, -0.2) is 25.1 Å². The highest BCUT2D eigenvalue weighted by atomic mass is 19.1. The molecule has 0 saturated carbocycles. The molecule has 5 nitrogen and oxygen atoms in total. The molecule has 1 aliphatic rings. The number of nitrogens with one attached hydrogen (secondary N) is 1. The minimum absolute atomic E-state index is 0.243. The molecule has 0 atom stereocenters. The number of rotatable bonds is 3. The first kappa shape index (κ1) is 18.1. The summed E-state index contributed by atoms with van der Waals surface area (Å²) in [6, 6.07) is 10.7. The van der Waals surface area contributed by atoms with Gasteiger partial charge in [0.15, 0.2) is 0 Å². The molecule has 0 spiro atoms. The molecule has 0 bridgehead atoms. The number of aromatic nitrogens is 5. The van der Waals surface area contributed by atoms with Crippen molar-refractivity contribution < 1.29 is 4.39 Å². The quantitative estimate of drug-likeness (QED) is 0.446. The maximum absolute atomic E-state index is 13.5. The van der Waals surface area contributed by atoms with Gasteiger partial charge in [0.05, 0.1) is 22.9 Å². The Morgan fingerprint density at radius 3 is 2.61 bits per heavy atom. The molecule has 1 aliphatic carbocycles. The number of aryl methyl sites for hydroxylation is 1. The maximum Gasteiger partial charge on any atom is 0.132 e. The monoisotopic (exact) mass is 409 g/mol. The summed E-state index contributed by atoms with van der Waals surface area (Å²) < 4.78 is 13.5. The Morgan fingerprint density at radius 2 is 1.77 bits per heavy atom. The minimum atomic E-state index is -0.243. The third kappa shape index (κ3) is 3.15. The second-order valence-electron chi connectivity index (χ2n) is 8.11. The smallest absolute Gasteiger partial charge is 0.132 e. The molecule has 3 heterocycles. The highest BCUT2D eigenvalue weighted by molar-refractivity contribution is 6.07. The van der Waals surface area contributed by atoms with Crippen LogP contribution in [-0.2, 0) is 19.3 Å². The van der Waals surface area contributed by atoms with E-state index in [2.05, 4.69) is 26.2 Å². The molecular weight excluding hydrogens is 389 g/mol. The molecule has 2 aromatic carbocycles. The molecule has 5 aromatic rings. The number of pyridine rings is 1. The van der Waals surface area contributed by atoms with Crippen LogP contribution in [0.1, 0.15) is 35.4 Å². The molecule has 0 radical (unpaired) electrons. The van der Waals surface area contributed by atoms with Gasteiger partial charge in [-0.3, -0.25) is 5.10 Å². The number of H-pyrrole nitrogens is 1. The minimum Gasteiger partial charge on any atom is -0.278 e. The number of hydrogen-bond acceptors (Lipinski definition) is 4. The Kier molecular flexibility index (Phi) is 4.23. The average molecular weight is 409 g/mol. The van der Waals surface area contributed by atoms with Gasteiger partial charge in [0.2, 0.25) is 0 Å². The van der Waals surface area contributed by atoms with Crippen LogP contribution in [0.15, 0.2) is 55.0 Å². The van der Waals surface area contributed by atoms with E-state index >= 15 is 0 Å². The zero-order valence-electron chi connectivity index (χ0n) is 16.9. The van der Waals surface area contributed by atoms with Gasteiger partial charge in [-0.1, -0.05) is 12.1 Å². The van der Waals surface area contributed by atoms with Crippen molar-refractivity contribution in [1.29, 1.82) is 0 Å². The summed E-state index contributed by atoms with van der Waals surface area (Å²) in [5, 5.41) is 9.66. The molecule has 0 fully saturated rings. The highest BCUT2D eigenvalue weighted by Gasteiger charge is 2.21. The first-order valence-corrected chi connectivity index (χ1v) is 10.6. The van der Waals surface area contributed by atoms with E-state index in [-0.39, 0.29) is 5.82 Å². The molecule has 6 rings (SSSR count). The fourth-order valence-electron chi connectivity index (χ4n) is 4.68. The van der Waals surface area contributed by atoms with Crippen LogP contribution in [0.4, 0.5) is 4.39 Å². The van der Waals surface area contributed by atoms with Crippen LogP contribution >= 0.6 is 0 Å². The van der Waals surface area contributed by atoms with Crippen molar-refractivity contribution in [3.8, 4) is 11.3 Å². The SMILES string of the molecule is Fc1cccc(Cc2ncc(-c3nc4ccc5[nH]ncc5c4c4c3CCCC4)cn2)c1. The molecule has 3 aromatic heterocycles. The largest absolute Gasteiger partial charge is 0.278 e. The summed E-state index contributed by atoms with van der Waals surface area (Å²) in [4.78, 5) is 14.2. The van der Waals surface area contributed by atoms with E-state index < -0.39 is 0 Å². The van der Waals surface area contributed by atoms with E-state index in [1.807, 2.05) is 30.7 Å². The van der Waals surface area contributed by atoms with Gasteiger partial charge in [-0.15, -0.1) is 0 Å². The molecule has 6 heteroatoms. The van der Waals surface area contributed by atoms with Crippen molar-refractivity contribution in [2.75, 3.05) is 0 Å². The molecule has 0 amide bonds. The van der Waals surface area contributed by atoms with Crippen molar-refractivity contribution in [2.45, 2.75) is 32.1 Å². The number of hydrogen-bond donors (Lipinski definition) is 1. The second-order valence-corrected chi connectivity index (χ2v) is 8.11. The molecule has 1 N–H and O–H groups in total. The lowest BCUT2D eigenvalue weighted by Gasteiger charge is -2.21. The number of halogens is 1. The van der Waals surface area contributed by atoms with Gasteiger partial charge >= 0.3 is 0 Å². The molecule has 0 saturated heterocycles. The normalized spacial score (nSPS) is 13.6. The van der Waals surface area contributed by atoms with Gasteiger partial charge in [-0.05, 0) is 66.6 Å². The Labute approximate surface area is 178 Å². The van der Waals surface area contributed by atoms with Crippen molar-refractivity contribution >= 4 is 21.8 Å². The van der Waals surface area contributed by atoms with Crippen molar-refractivity contribution in [3.63, 3.8) is 0 Å². The zero-order chi connectivity index (χ0) is 20.8. The lowest BCUT2D eigenvalue weighted by atomic mass is 9.86. The predicted octanol–water partition coefficient (Wildman–Crippen LogP) is 5.18. The van der Waals surface area contributed by atoms with Gasteiger partial charge in [0, 0.05) is 35.2 Å². The van der Waals surface area contributed by atoms with E-state index in [4.69, 9.17) is 4.98 Å². The standard InChI is InChI=1S/C25H20FN5/c26-17-5-3-4-15(10-17)11-23-27-12-16(13-28-23)25-19-7-2-1-6-18(19)24-20-14-29-31-21(20)8-9-22(24)30-25/h3-5,8-10,12-14H,1-2,6-7,11H2,(H,29,31). The van der Waals surface area contributed by atoms with Crippen molar-refractivity contribution in [2.24, 2.45) is 0 Å². The lowest BCUT2D eigenvalue weighted by Crippen LogP contribution is -2.08. The second kappa shape index (κ2) is 7.23. The lowest BCUT2D eigenvalue weighted by molar-refractivity contribution is 0.626. The Bertz CT molecular complexity index is 1420. The highest BCUT2D eigenvalue weighted by Crippen LogP contribution is 2.37. The Morgan fingerprint density at radius 1 is 0.935 bits per heavy atom. The molecule has 0 unspecified atom stereocenters. The summed E-state index contributed by atoms with van der Waals surface area (Å²) in [7, 11) is 0. The van der Waals surface area contributed by atoms with Gasteiger partial charge in [0.1, 0.15) is 11.6 Å². The van der Waals surface area contributed by atoms with Crippen LogP contribution in [0.5, 0.6) is 0 Å². The van der Waals surface area contributed by atoms with E-state index in [0.717, 1.165) is 52.5 Å². The van der Waals surface area contributed by atoms with Crippen molar-refractivity contribution in [3.05, 3.63) is 83.3 Å². The van der Waals surface area contributed by atoms with Crippen LogP contribution in [0.25, 0.3) is 33.1 Å². The third-order valence-electron chi connectivity index (χ3n) is 6.12. The molecule has 152 valence electrons. The molecule has 0 aliphatic heterocycles. The van der Waals surface area contributed by atoms with Gasteiger partial charge in [0.25, 0.3) is 0 Å². The first-order chi connectivity index (χ1) is 15.3. The number of aromatic amines is 1. The summed E-state index contributed by atoms with van der Waals surface area (Å²) >= 11 is 0. The molecular formula is C25H20FN5. The van der Waals surface area contributed by atoms with Gasteiger partial charge in [-0.25, -0.2) is 19.3 Å². The van der Waals surface area contributed by atoms with Crippen LogP contribution < -0.4 is 0 Å². The first-order valence-electron chi connectivity index (χ1n) is 10.6. The summed E-state index contributed by atoms with van der Waals surface area (Å²) in [5.74, 6) is 0.428. The van der Waals surface area contributed by atoms with E-state index in [0.29, 0.717) is 12.2 Å². The van der Waals surface area contributed by atoms with Crippen LogP contribution in [0.2, 0.25) is 0 Å². The predicted molar refractivity (Wildman–Crippen MR) is 118 cm³/mol. The Hall–Kier alpha value is -3.67. The number of fused-ring (bicyclic) bond motifs is 5. The average Bonchev–Trinajstić information content (AvgIpc) is 3.28. The fraction of sp³-hybridized carbons (Fsp3) is 0.200. The fourth-order valence-corrected chi connectivity index (χ4v) is 4.68. The third-order valence-corrected chi connectivity index (χ3v) is 6.12. The van der Waals surface area contributed by atoms with Gasteiger partial charge in [-0.2, -0.15) is 5.10 Å². The summed E-state index contributed by atoms with van der Waals surface area (Å²) in [6.45, 7) is 0. The Balaban J connectivity index is 1.44. The number of benzene rings is 2. The van der Waals surface area contributed by atoms with E-state index in [1.165, 1.54) is 35.1 Å². The van der Waals surface area contributed by atoms with Crippen LogP contribution in [0, 0.1) is 5.82 Å². The number of nitrogens with zero attached hydrogens (tertiary/aromatic N) is 4.